The van der Waals surface area contributed by atoms with Gasteiger partial charge in [0.2, 0.25) is 0 Å². The van der Waals surface area contributed by atoms with Crippen LogP contribution in [0.25, 0.3) is 0 Å². The highest BCUT2D eigenvalue weighted by molar-refractivity contribution is 14.1. The molecule has 2 rings (SSSR count). The summed E-state index contributed by atoms with van der Waals surface area (Å²) in [5.74, 6) is 0.648. The van der Waals surface area contributed by atoms with E-state index in [0.29, 0.717) is 17.8 Å². The number of hydrogen-bond donors (Lipinski definition) is 0. The van der Waals surface area contributed by atoms with E-state index in [1.807, 2.05) is 10.9 Å². The van der Waals surface area contributed by atoms with Crippen LogP contribution in [0.5, 0.6) is 11.8 Å². The summed E-state index contributed by atoms with van der Waals surface area (Å²) in [6.45, 7) is 4.11. The minimum absolute atomic E-state index is 0.315. The fourth-order valence-electron chi connectivity index (χ4n) is 1.11. The van der Waals surface area contributed by atoms with Gasteiger partial charge in [-0.2, -0.15) is 5.10 Å². The van der Waals surface area contributed by atoms with Gasteiger partial charge in [-0.25, -0.2) is 9.97 Å². The molecule has 2 aromatic heterocycles. The third kappa shape index (κ3) is 2.69. The molecule has 0 saturated carbocycles. The van der Waals surface area contributed by atoms with Crippen molar-refractivity contribution in [3.8, 4) is 11.8 Å². The van der Waals surface area contributed by atoms with Gasteiger partial charge in [0.15, 0.2) is 5.75 Å². The summed E-state index contributed by atoms with van der Waals surface area (Å²) < 4.78 is 8.25. The predicted octanol–water partition coefficient (Wildman–Crippen LogP) is 2.65. The van der Waals surface area contributed by atoms with E-state index < -0.39 is 0 Å². The van der Waals surface area contributed by atoms with Gasteiger partial charge >= 0.3 is 6.01 Å². The van der Waals surface area contributed by atoms with Crippen molar-refractivity contribution < 1.29 is 4.74 Å². The predicted molar refractivity (Wildman–Crippen MR) is 67.4 cm³/mol. The van der Waals surface area contributed by atoms with Crippen molar-refractivity contribution >= 4 is 22.6 Å². The Kier molecular flexibility index (Phi) is 3.37. The molecule has 0 N–H and O–H groups in total. The third-order valence-corrected chi connectivity index (χ3v) is 2.47. The number of halogens is 1. The Balaban J connectivity index is 2.11. The van der Waals surface area contributed by atoms with Crippen LogP contribution in [0.1, 0.15) is 19.9 Å². The molecule has 84 valence electrons. The molecular formula is C10H11IN4O. The Morgan fingerprint density at radius 1 is 1.25 bits per heavy atom. The van der Waals surface area contributed by atoms with E-state index in [9.17, 15) is 0 Å². The Morgan fingerprint density at radius 3 is 2.50 bits per heavy atom. The average molecular weight is 330 g/mol. The van der Waals surface area contributed by atoms with Gasteiger partial charge in [-0.3, -0.25) is 4.68 Å². The van der Waals surface area contributed by atoms with Crippen molar-refractivity contribution in [2.45, 2.75) is 19.9 Å². The van der Waals surface area contributed by atoms with Crippen LogP contribution in [0.4, 0.5) is 0 Å². The molecule has 16 heavy (non-hydrogen) atoms. The molecule has 0 atom stereocenters. The normalized spacial score (nSPS) is 10.8. The Bertz CT molecular complexity index is 466. The second-order valence-corrected chi connectivity index (χ2v) is 4.78. The molecule has 0 bridgehead atoms. The first kappa shape index (κ1) is 11.3. The summed E-state index contributed by atoms with van der Waals surface area (Å²) in [7, 11) is 0. The van der Waals surface area contributed by atoms with Gasteiger partial charge < -0.3 is 4.74 Å². The summed E-state index contributed by atoms with van der Waals surface area (Å²) in [6.07, 6.45) is 6.89. The van der Waals surface area contributed by atoms with Crippen LogP contribution in [0.15, 0.2) is 24.8 Å². The lowest BCUT2D eigenvalue weighted by molar-refractivity contribution is 0.438. The summed E-state index contributed by atoms with van der Waals surface area (Å²) in [5.41, 5.74) is 0. The van der Waals surface area contributed by atoms with Gasteiger partial charge in [0, 0.05) is 22.0 Å². The maximum atomic E-state index is 5.46. The highest BCUT2D eigenvalue weighted by Crippen LogP contribution is 2.18. The summed E-state index contributed by atoms with van der Waals surface area (Å²) >= 11 is 2.14. The van der Waals surface area contributed by atoms with Gasteiger partial charge in [0.1, 0.15) is 0 Å². The monoisotopic (exact) mass is 330 g/mol. The Hall–Kier alpha value is -1.18. The van der Waals surface area contributed by atoms with Gasteiger partial charge in [-0.05, 0) is 36.4 Å². The van der Waals surface area contributed by atoms with Crippen molar-refractivity contribution in [3.05, 3.63) is 28.4 Å². The van der Waals surface area contributed by atoms with E-state index in [0.717, 1.165) is 3.57 Å². The van der Waals surface area contributed by atoms with Crippen molar-refractivity contribution in [1.29, 1.82) is 0 Å². The quantitative estimate of drug-likeness (QED) is 0.812. The molecule has 0 radical (unpaired) electrons. The standard InChI is InChI=1S/C10H11IN4O/c1-7(2)15-6-9(5-14-15)16-10-12-3-8(11)4-13-10/h3-7H,1-2H3. The average Bonchev–Trinajstić information content (AvgIpc) is 2.70. The molecular weight excluding hydrogens is 319 g/mol. The van der Waals surface area contributed by atoms with E-state index in [1.54, 1.807) is 18.6 Å². The molecule has 6 heteroatoms. The molecule has 0 saturated heterocycles. The molecule has 0 unspecified atom stereocenters. The summed E-state index contributed by atoms with van der Waals surface area (Å²) in [6, 6.07) is 0.652. The van der Waals surface area contributed by atoms with Crippen LogP contribution in [-0.2, 0) is 0 Å². The van der Waals surface area contributed by atoms with Crippen molar-refractivity contribution in [1.82, 2.24) is 19.7 Å². The zero-order chi connectivity index (χ0) is 11.5. The molecule has 0 spiro atoms. The smallest absolute Gasteiger partial charge is 0.322 e. The first-order valence-corrected chi connectivity index (χ1v) is 5.92. The molecule has 2 heterocycles. The van der Waals surface area contributed by atoms with Gasteiger partial charge in [-0.15, -0.1) is 0 Å². The number of nitrogens with zero attached hydrogens (tertiary/aromatic N) is 4. The number of hydrogen-bond acceptors (Lipinski definition) is 4. The lowest BCUT2D eigenvalue weighted by atomic mass is 10.4. The number of rotatable bonds is 3. The number of ether oxygens (including phenoxy) is 1. The fourth-order valence-corrected chi connectivity index (χ4v) is 1.39. The maximum absolute atomic E-state index is 5.46. The highest BCUT2D eigenvalue weighted by atomic mass is 127. The molecule has 0 fully saturated rings. The van der Waals surface area contributed by atoms with E-state index >= 15 is 0 Å². The third-order valence-electron chi connectivity index (χ3n) is 1.91. The van der Waals surface area contributed by atoms with Crippen LogP contribution >= 0.6 is 22.6 Å². The zero-order valence-corrected chi connectivity index (χ0v) is 11.1. The van der Waals surface area contributed by atoms with Crippen LogP contribution in [0, 0.1) is 3.57 Å². The highest BCUT2D eigenvalue weighted by Gasteiger charge is 2.05. The lowest BCUT2D eigenvalue weighted by Gasteiger charge is -2.03. The zero-order valence-electron chi connectivity index (χ0n) is 8.96. The van der Waals surface area contributed by atoms with Crippen LogP contribution in [0.2, 0.25) is 0 Å². The first-order valence-electron chi connectivity index (χ1n) is 4.84. The Morgan fingerprint density at radius 2 is 1.94 bits per heavy atom. The molecule has 0 aromatic carbocycles. The van der Waals surface area contributed by atoms with E-state index in [2.05, 4.69) is 51.5 Å². The largest absolute Gasteiger partial charge is 0.421 e. The second kappa shape index (κ2) is 4.77. The molecule has 0 aliphatic rings. The summed E-state index contributed by atoms with van der Waals surface area (Å²) in [4.78, 5) is 8.10. The van der Waals surface area contributed by atoms with Crippen molar-refractivity contribution in [2.75, 3.05) is 0 Å². The minimum atomic E-state index is 0.315. The maximum Gasteiger partial charge on any atom is 0.322 e. The Labute approximate surface area is 107 Å². The van der Waals surface area contributed by atoms with Crippen LogP contribution < -0.4 is 4.74 Å². The second-order valence-electron chi connectivity index (χ2n) is 3.54. The summed E-state index contributed by atoms with van der Waals surface area (Å²) in [5, 5.41) is 4.16. The lowest BCUT2D eigenvalue weighted by Crippen LogP contribution is -1.99. The number of aromatic nitrogens is 4. The van der Waals surface area contributed by atoms with Gasteiger partial charge in [-0.1, -0.05) is 0 Å². The topological polar surface area (TPSA) is 52.8 Å². The molecule has 0 amide bonds. The van der Waals surface area contributed by atoms with Crippen LogP contribution in [-0.4, -0.2) is 19.7 Å². The van der Waals surface area contributed by atoms with Gasteiger partial charge in [0.05, 0.1) is 12.4 Å². The fraction of sp³-hybridized carbons (Fsp3) is 0.300. The minimum Gasteiger partial charge on any atom is -0.421 e. The van der Waals surface area contributed by atoms with Crippen molar-refractivity contribution in [3.63, 3.8) is 0 Å². The molecule has 0 aliphatic carbocycles. The first-order chi connectivity index (χ1) is 7.65. The molecule has 5 nitrogen and oxygen atoms in total. The van der Waals surface area contributed by atoms with E-state index in [-0.39, 0.29) is 0 Å². The van der Waals surface area contributed by atoms with Crippen molar-refractivity contribution in [2.24, 2.45) is 0 Å². The van der Waals surface area contributed by atoms with E-state index in [4.69, 9.17) is 4.74 Å². The molecule has 0 aliphatic heterocycles. The van der Waals surface area contributed by atoms with Gasteiger partial charge in [0.25, 0.3) is 0 Å². The SMILES string of the molecule is CC(C)n1cc(Oc2ncc(I)cn2)cn1. The van der Waals surface area contributed by atoms with E-state index in [1.165, 1.54) is 0 Å². The molecule has 2 aromatic rings. The van der Waals surface area contributed by atoms with Crippen LogP contribution in [0.3, 0.4) is 0 Å².